The molecular weight excluding hydrogens is 364 g/mol. The molecule has 2 aromatic rings. The van der Waals surface area contributed by atoms with Gasteiger partial charge in [-0.25, -0.2) is 9.59 Å². The minimum atomic E-state index is -0.655. The molecule has 8 heteroatoms. The first-order valence-corrected chi connectivity index (χ1v) is 8.17. The number of carbonyl (C=O) groups is 3. The lowest BCUT2D eigenvalue weighted by atomic mass is 10.1. The van der Waals surface area contributed by atoms with Crippen LogP contribution in [0.3, 0.4) is 0 Å². The molecule has 144 valence electrons. The van der Waals surface area contributed by atoms with Gasteiger partial charge < -0.3 is 19.5 Å². The Bertz CT molecular complexity index is 881. The van der Waals surface area contributed by atoms with Gasteiger partial charge >= 0.3 is 11.9 Å². The van der Waals surface area contributed by atoms with Crippen LogP contribution in [0.25, 0.3) is 0 Å². The number of methoxy groups -OCH3 is 2. The van der Waals surface area contributed by atoms with Gasteiger partial charge in [0.25, 0.3) is 5.91 Å². The van der Waals surface area contributed by atoms with E-state index < -0.39 is 17.8 Å². The van der Waals surface area contributed by atoms with Gasteiger partial charge in [0.05, 0.1) is 37.8 Å². The first kappa shape index (κ1) is 20.5. The normalized spacial score (nSPS) is 9.75. The van der Waals surface area contributed by atoms with Crippen LogP contribution in [0.2, 0.25) is 0 Å². The molecule has 0 unspecified atom stereocenters. The zero-order chi connectivity index (χ0) is 20.5. The molecule has 0 aliphatic carbocycles. The number of ether oxygens (including phenoxy) is 3. The van der Waals surface area contributed by atoms with E-state index in [4.69, 9.17) is 10.00 Å². The summed E-state index contributed by atoms with van der Waals surface area (Å²) in [6.45, 7) is -0.342. The SMILES string of the molecule is COC(=O)c1cc(OCC(=O)Nc2ccc(CC#N)cc2)cc(C(=O)OC)c1. The first-order valence-electron chi connectivity index (χ1n) is 8.17. The van der Waals surface area contributed by atoms with Crippen LogP contribution in [0.1, 0.15) is 26.3 Å². The average Bonchev–Trinajstić information content (AvgIpc) is 2.72. The van der Waals surface area contributed by atoms with Gasteiger partial charge in [-0.15, -0.1) is 0 Å². The predicted octanol–water partition coefficient (Wildman–Crippen LogP) is 2.34. The third-order valence-electron chi connectivity index (χ3n) is 3.64. The number of hydrogen-bond donors (Lipinski definition) is 1. The molecule has 0 saturated heterocycles. The lowest BCUT2D eigenvalue weighted by Crippen LogP contribution is -2.20. The maximum Gasteiger partial charge on any atom is 0.338 e. The topological polar surface area (TPSA) is 115 Å². The molecule has 8 nitrogen and oxygen atoms in total. The van der Waals surface area contributed by atoms with Crippen LogP contribution in [0.15, 0.2) is 42.5 Å². The summed E-state index contributed by atoms with van der Waals surface area (Å²) in [5.74, 6) is -1.60. The number of hydrogen-bond acceptors (Lipinski definition) is 7. The van der Waals surface area contributed by atoms with Crippen LogP contribution in [-0.2, 0) is 20.7 Å². The van der Waals surface area contributed by atoms with E-state index in [0.29, 0.717) is 5.69 Å². The summed E-state index contributed by atoms with van der Waals surface area (Å²) in [5, 5.41) is 11.3. The highest BCUT2D eigenvalue weighted by molar-refractivity contribution is 5.96. The summed E-state index contributed by atoms with van der Waals surface area (Å²) >= 11 is 0. The zero-order valence-electron chi connectivity index (χ0n) is 15.4. The first-order chi connectivity index (χ1) is 13.5. The Morgan fingerprint density at radius 1 is 0.964 bits per heavy atom. The molecular formula is C20H18N2O6. The number of esters is 2. The highest BCUT2D eigenvalue weighted by atomic mass is 16.5. The van der Waals surface area contributed by atoms with Gasteiger partial charge in [0.2, 0.25) is 0 Å². The maximum absolute atomic E-state index is 12.1. The fourth-order valence-electron chi connectivity index (χ4n) is 2.30. The van der Waals surface area contributed by atoms with Crippen molar-refractivity contribution in [2.45, 2.75) is 6.42 Å². The van der Waals surface area contributed by atoms with Crippen molar-refractivity contribution in [1.82, 2.24) is 0 Å². The number of benzene rings is 2. The number of anilines is 1. The van der Waals surface area contributed by atoms with Crippen molar-refractivity contribution in [3.05, 3.63) is 59.2 Å². The number of carbonyl (C=O) groups excluding carboxylic acids is 3. The molecule has 0 bridgehead atoms. The molecule has 2 aromatic carbocycles. The van der Waals surface area contributed by atoms with Crippen LogP contribution in [0, 0.1) is 11.3 Å². The smallest absolute Gasteiger partial charge is 0.338 e. The van der Waals surface area contributed by atoms with E-state index >= 15 is 0 Å². The molecule has 0 aliphatic rings. The van der Waals surface area contributed by atoms with Crippen molar-refractivity contribution in [3.63, 3.8) is 0 Å². The Morgan fingerprint density at radius 2 is 1.54 bits per heavy atom. The van der Waals surface area contributed by atoms with E-state index in [2.05, 4.69) is 14.8 Å². The van der Waals surface area contributed by atoms with Gasteiger partial charge in [-0.1, -0.05) is 12.1 Å². The summed E-state index contributed by atoms with van der Waals surface area (Å²) in [6.07, 6.45) is 0.288. The van der Waals surface area contributed by atoms with E-state index in [9.17, 15) is 14.4 Å². The molecule has 2 rings (SSSR count). The number of nitrogens with zero attached hydrogens (tertiary/aromatic N) is 1. The second-order valence-corrected chi connectivity index (χ2v) is 5.60. The second-order valence-electron chi connectivity index (χ2n) is 5.60. The molecule has 0 saturated carbocycles. The summed E-state index contributed by atoms with van der Waals surface area (Å²) in [5.41, 5.74) is 1.57. The van der Waals surface area contributed by atoms with Crippen LogP contribution < -0.4 is 10.1 Å². The minimum absolute atomic E-state index is 0.0916. The number of nitriles is 1. The standard InChI is InChI=1S/C20H18N2O6/c1-26-19(24)14-9-15(20(25)27-2)11-17(10-14)28-12-18(23)22-16-5-3-13(4-6-16)7-8-21/h3-6,9-11H,7,12H2,1-2H3,(H,22,23). The summed E-state index contributed by atoms with van der Waals surface area (Å²) in [7, 11) is 2.42. The minimum Gasteiger partial charge on any atom is -0.484 e. The fraction of sp³-hybridized carbons (Fsp3) is 0.200. The van der Waals surface area contributed by atoms with Gasteiger partial charge in [-0.3, -0.25) is 4.79 Å². The molecule has 0 heterocycles. The monoisotopic (exact) mass is 382 g/mol. The van der Waals surface area contributed by atoms with Gasteiger partial charge in [0, 0.05) is 5.69 Å². The van der Waals surface area contributed by atoms with E-state index in [0.717, 1.165) is 5.56 Å². The van der Waals surface area contributed by atoms with Crippen LogP contribution in [0.5, 0.6) is 5.75 Å². The van der Waals surface area contributed by atoms with Crippen molar-refractivity contribution in [2.75, 3.05) is 26.1 Å². The van der Waals surface area contributed by atoms with E-state index in [-0.39, 0.29) is 29.9 Å². The lowest BCUT2D eigenvalue weighted by molar-refractivity contribution is -0.118. The van der Waals surface area contributed by atoms with E-state index in [1.165, 1.54) is 32.4 Å². The number of amides is 1. The molecule has 0 radical (unpaired) electrons. The predicted molar refractivity (Wildman–Crippen MR) is 99.0 cm³/mol. The number of rotatable bonds is 7. The van der Waals surface area contributed by atoms with Crippen LogP contribution in [0.4, 0.5) is 5.69 Å². The van der Waals surface area contributed by atoms with Gasteiger partial charge in [-0.05, 0) is 35.9 Å². The Morgan fingerprint density at radius 3 is 2.04 bits per heavy atom. The van der Waals surface area contributed by atoms with Gasteiger partial charge in [-0.2, -0.15) is 5.26 Å². The molecule has 0 aliphatic heterocycles. The third kappa shape index (κ3) is 5.57. The largest absolute Gasteiger partial charge is 0.484 e. The van der Waals surface area contributed by atoms with Crippen molar-refractivity contribution in [1.29, 1.82) is 5.26 Å². The molecule has 0 aromatic heterocycles. The quantitative estimate of drug-likeness (QED) is 0.731. The van der Waals surface area contributed by atoms with Gasteiger partial charge in [0.15, 0.2) is 6.61 Å². The molecule has 0 atom stereocenters. The van der Waals surface area contributed by atoms with Crippen molar-refractivity contribution in [2.24, 2.45) is 0 Å². The fourth-order valence-corrected chi connectivity index (χ4v) is 2.30. The maximum atomic E-state index is 12.1. The highest BCUT2D eigenvalue weighted by Gasteiger charge is 2.15. The molecule has 1 amide bonds. The van der Waals surface area contributed by atoms with Crippen molar-refractivity contribution in [3.8, 4) is 11.8 Å². The Balaban J connectivity index is 2.05. The van der Waals surface area contributed by atoms with E-state index in [1.807, 2.05) is 6.07 Å². The van der Waals surface area contributed by atoms with Crippen LogP contribution >= 0.6 is 0 Å². The van der Waals surface area contributed by atoms with Crippen molar-refractivity contribution < 1.29 is 28.6 Å². The molecule has 0 fully saturated rings. The Kier molecular flexibility index (Phi) is 7.11. The molecule has 0 spiro atoms. The average molecular weight is 382 g/mol. The lowest BCUT2D eigenvalue weighted by Gasteiger charge is -2.10. The molecule has 28 heavy (non-hydrogen) atoms. The second kappa shape index (κ2) is 9.73. The van der Waals surface area contributed by atoms with Crippen molar-refractivity contribution >= 4 is 23.5 Å². The summed E-state index contributed by atoms with van der Waals surface area (Å²) < 4.78 is 14.7. The zero-order valence-corrected chi connectivity index (χ0v) is 15.4. The summed E-state index contributed by atoms with van der Waals surface area (Å²) in [4.78, 5) is 35.6. The highest BCUT2D eigenvalue weighted by Crippen LogP contribution is 2.19. The Labute approximate surface area is 161 Å². The van der Waals surface area contributed by atoms with Gasteiger partial charge in [0.1, 0.15) is 5.75 Å². The molecule has 1 N–H and O–H groups in total. The van der Waals surface area contributed by atoms with Crippen LogP contribution in [-0.4, -0.2) is 38.7 Å². The third-order valence-corrected chi connectivity index (χ3v) is 3.64. The Hall–Kier alpha value is -3.86. The van der Waals surface area contributed by atoms with E-state index in [1.54, 1.807) is 24.3 Å². The summed E-state index contributed by atoms with van der Waals surface area (Å²) in [6, 6.07) is 12.9. The number of nitrogens with one attached hydrogen (secondary N) is 1.